The predicted octanol–water partition coefficient (Wildman–Crippen LogP) is 1.90. The van der Waals surface area contributed by atoms with Crippen LogP contribution >= 0.6 is 0 Å². The van der Waals surface area contributed by atoms with Gasteiger partial charge >= 0.3 is 23.9 Å². The van der Waals surface area contributed by atoms with Crippen molar-refractivity contribution < 1.29 is 53.4 Å². The van der Waals surface area contributed by atoms with Gasteiger partial charge in [-0.2, -0.15) is 0 Å². The average molecular weight is 594 g/mol. The highest BCUT2D eigenvalue weighted by molar-refractivity contribution is 5.86. The number of nitrogens with zero attached hydrogens (tertiary/aromatic N) is 1. The number of aromatic hydroxyl groups is 1. The Balaban J connectivity index is 1.25. The number of aliphatic carboxylic acids is 1. The number of carboxylic acid groups (broad SMARTS) is 1. The van der Waals surface area contributed by atoms with Crippen LogP contribution in [0, 0.1) is 0 Å². The number of likely N-dealkylation sites (N-methyl/N-ethyl adjacent to an activating group) is 1. The number of rotatable bonds is 8. The molecule has 0 amide bonds. The Morgan fingerprint density at radius 1 is 1.12 bits per heavy atom. The second kappa shape index (κ2) is 10.4. The van der Waals surface area contributed by atoms with E-state index in [0.29, 0.717) is 24.9 Å². The zero-order chi connectivity index (χ0) is 30.7. The molecule has 1 spiro atoms. The first kappa shape index (κ1) is 28.7. The van der Waals surface area contributed by atoms with Crippen molar-refractivity contribution in [2.45, 2.75) is 68.0 Å². The van der Waals surface area contributed by atoms with Crippen LogP contribution in [-0.2, 0) is 45.2 Å². The maximum atomic E-state index is 13.2. The lowest BCUT2D eigenvalue weighted by atomic mass is 9.50. The van der Waals surface area contributed by atoms with Gasteiger partial charge in [0, 0.05) is 30.5 Å². The SMILES string of the molecule is CC(=O)OC(CC(=O)OC1=CC[C@@]2(O)[C@H]3Cc4ccc(O)c5c4[C@@]2(CCN3C)[C@H]1O5)C(=O)OC(C(=O)O)c1ccccc1. The summed E-state index contributed by atoms with van der Waals surface area (Å²) in [4.78, 5) is 52.0. The number of ether oxygens (including phenoxy) is 4. The van der Waals surface area contributed by atoms with E-state index in [1.165, 1.54) is 12.1 Å². The standard InChI is InChI=1S/C31H31NO11/c1-16(33)40-21(29(38)43-25(28(36)37)17-6-4-3-5-7-17)15-23(35)41-20-10-11-31(39)22-14-18-8-9-19(34)26-24(18)30(31,27(20)42-26)12-13-32(22)2/h3-10,21-22,25,27,34,39H,11-15H2,1-2H3,(H,36,37)/t21?,22-,25?,27+,30+,31-/m1/s1. The number of benzene rings is 2. The minimum atomic E-state index is -1.78. The Morgan fingerprint density at radius 2 is 1.86 bits per heavy atom. The van der Waals surface area contributed by atoms with Gasteiger partial charge in [-0.15, -0.1) is 0 Å². The van der Waals surface area contributed by atoms with Gasteiger partial charge in [-0.05, 0) is 44.1 Å². The number of carboxylic acids is 1. The second-order valence-corrected chi connectivity index (χ2v) is 11.4. The molecule has 2 heterocycles. The summed E-state index contributed by atoms with van der Waals surface area (Å²) >= 11 is 0. The van der Waals surface area contributed by atoms with Gasteiger partial charge in [0.2, 0.25) is 12.2 Å². The third-order valence-corrected chi connectivity index (χ3v) is 9.07. The van der Waals surface area contributed by atoms with Crippen molar-refractivity contribution in [3.05, 3.63) is 71.0 Å². The third-order valence-electron chi connectivity index (χ3n) is 9.07. The highest BCUT2D eigenvalue weighted by Gasteiger charge is 2.72. The first-order chi connectivity index (χ1) is 20.5. The Labute approximate surface area is 246 Å². The van der Waals surface area contributed by atoms with E-state index < -0.39 is 59.6 Å². The Kier molecular flexibility index (Phi) is 6.93. The van der Waals surface area contributed by atoms with E-state index in [9.17, 15) is 34.5 Å². The zero-order valence-electron chi connectivity index (χ0n) is 23.5. The summed E-state index contributed by atoms with van der Waals surface area (Å²) in [5.74, 6) is -4.28. The zero-order valence-corrected chi connectivity index (χ0v) is 23.5. The molecule has 0 aromatic heterocycles. The summed E-state index contributed by atoms with van der Waals surface area (Å²) < 4.78 is 22.2. The van der Waals surface area contributed by atoms with Gasteiger partial charge in [0.1, 0.15) is 5.76 Å². The number of phenols is 1. The van der Waals surface area contributed by atoms with Crippen molar-refractivity contribution in [3.63, 3.8) is 0 Å². The summed E-state index contributed by atoms with van der Waals surface area (Å²) in [5, 5.41) is 32.5. The van der Waals surface area contributed by atoms with Crippen molar-refractivity contribution >= 4 is 23.9 Å². The fourth-order valence-corrected chi connectivity index (χ4v) is 7.22. The molecule has 43 heavy (non-hydrogen) atoms. The Morgan fingerprint density at radius 3 is 2.56 bits per heavy atom. The lowest BCUT2D eigenvalue weighted by Crippen LogP contribution is -2.74. The first-order valence-corrected chi connectivity index (χ1v) is 14.0. The third kappa shape index (κ3) is 4.43. The van der Waals surface area contributed by atoms with Crippen LogP contribution in [0.2, 0.25) is 0 Å². The molecule has 3 N–H and O–H groups in total. The molecule has 2 aromatic carbocycles. The molecule has 6 rings (SSSR count). The molecule has 2 aliphatic carbocycles. The largest absolute Gasteiger partial charge is 0.504 e. The molecule has 2 aliphatic heterocycles. The summed E-state index contributed by atoms with van der Waals surface area (Å²) in [6.07, 6.45) is -2.44. The highest BCUT2D eigenvalue weighted by Crippen LogP contribution is 2.65. The van der Waals surface area contributed by atoms with E-state index in [4.69, 9.17) is 18.9 Å². The molecule has 2 aromatic rings. The number of phenolic OH excluding ortho intramolecular Hbond substituents is 1. The van der Waals surface area contributed by atoms with Crippen LogP contribution in [0.15, 0.2) is 54.3 Å². The van der Waals surface area contributed by atoms with Crippen LogP contribution in [0.25, 0.3) is 0 Å². The molecule has 0 radical (unpaired) electrons. The lowest BCUT2D eigenvalue weighted by molar-refractivity contribution is -0.180. The van der Waals surface area contributed by atoms with E-state index in [-0.39, 0.29) is 35.3 Å². The van der Waals surface area contributed by atoms with Gasteiger partial charge in [-0.1, -0.05) is 36.4 Å². The maximum absolute atomic E-state index is 13.2. The number of hydrogen-bond donors (Lipinski definition) is 3. The quantitative estimate of drug-likeness (QED) is 0.301. The molecule has 2 bridgehead atoms. The van der Waals surface area contributed by atoms with Crippen LogP contribution < -0.4 is 4.74 Å². The molecule has 226 valence electrons. The van der Waals surface area contributed by atoms with Crippen molar-refractivity contribution in [3.8, 4) is 11.5 Å². The van der Waals surface area contributed by atoms with Gasteiger partial charge in [-0.25, -0.2) is 9.59 Å². The average Bonchev–Trinajstić information content (AvgIpc) is 3.32. The van der Waals surface area contributed by atoms with Gasteiger partial charge in [0.15, 0.2) is 17.6 Å². The lowest BCUT2D eigenvalue weighted by Gasteiger charge is -2.61. The molecule has 12 heteroatoms. The smallest absolute Gasteiger partial charge is 0.349 e. The van der Waals surface area contributed by atoms with Crippen molar-refractivity contribution in [2.24, 2.45) is 0 Å². The highest BCUT2D eigenvalue weighted by atomic mass is 16.6. The molecule has 1 saturated heterocycles. The molecular weight excluding hydrogens is 562 g/mol. The number of likely N-dealkylation sites (tertiary alicyclic amines) is 1. The number of carbonyl (C=O) groups is 4. The van der Waals surface area contributed by atoms with Gasteiger partial charge < -0.3 is 39.2 Å². The summed E-state index contributed by atoms with van der Waals surface area (Å²) in [6, 6.07) is 10.9. The normalized spacial score (nSPS) is 27.9. The van der Waals surface area contributed by atoms with Crippen molar-refractivity contribution in [1.29, 1.82) is 0 Å². The molecule has 12 nitrogen and oxygen atoms in total. The molecule has 1 fully saturated rings. The van der Waals surface area contributed by atoms with Crippen LogP contribution in [0.1, 0.15) is 49.0 Å². The number of carbonyl (C=O) groups excluding carboxylic acids is 3. The number of esters is 3. The van der Waals surface area contributed by atoms with Crippen LogP contribution in [-0.4, -0.2) is 81.5 Å². The van der Waals surface area contributed by atoms with Crippen LogP contribution in [0.3, 0.4) is 0 Å². The van der Waals surface area contributed by atoms with Crippen molar-refractivity contribution in [2.75, 3.05) is 13.6 Å². The predicted molar refractivity (Wildman–Crippen MR) is 146 cm³/mol. The fraction of sp³-hybridized carbons (Fsp3) is 0.419. The first-order valence-electron chi connectivity index (χ1n) is 14.0. The molecular formula is C31H31NO11. The number of aliphatic hydroxyl groups is 1. The van der Waals surface area contributed by atoms with E-state index >= 15 is 0 Å². The summed E-state index contributed by atoms with van der Waals surface area (Å²) in [6.45, 7) is 1.67. The molecule has 2 unspecified atom stereocenters. The van der Waals surface area contributed by atoms with E-state index in [1.807, 2.05) is 13.1 Å². The molecule has 0 saturated carbocycles. The van der Waals surface area contributed by atoms with Gasteiger partial charge in [0.25, 0.3) is 0 Å². The van der Waals surface area contributed by atoms with E-state index in [0.717, 1.165) is 12.5 Å². The fourth-order valence-electron chi connectivity index (χ4n) is 7.22. The minimum absolute atomic E-state index is 0.0861. The number of hydrogen-bond acceptors (Lipinski definition) is 11. The summed E-state index contributed by atoms with van der Waals surface area (Å²) in [5.41, 5.74) is -0.424. The van der Waals surface area contributed by atoms with Crippen LogP contribution in [0.4, 0.5) is 0 Å². The number of piperidine rings is 1. The maximum Gasteiger partial charge on any atom is 0.349 e. The van der Waals surface area contributed by atoms with Crippen molar-refractivity contribution in [1.82, 2.24) is 4.90 Å². The van der Waals surface area contributed by atoms with E-state index in [2.05, 4.69) is 4.90 Å². The van der Waals surface area contributed by atoms with E-state index in [1.54, 1.807) is 30.3 Å². The Hall–Kier alpha value is -4.42. The second-order valence-electron chi connectivity index (χ2n) is 11.4. The molecule has 4 aliphatic rings. The van der Waals surface area contributed by atoms with Gasteiger partial charge in [-0.3, -0.25) is 9.59 Å². The Bertz CT molecular complexity index is 1540. The summed E-state index contributed by atoms with van der Waals surface area (Å²) in [7, 11) is 1.95. The van der Waals surface area contributed by atoms with Gasteiger partial charge in [0.05, 0.1) is 17.4 Å². The minimum Gasteiger partial charge on any atom is -0.504 e. The monoisotopic (exact) mass is 593 g/mol. The molecule has 6 atom stereocenters. The van der Waals surface area contributed by atoms with Crippen LogP contribution in [0.5, 0.6) is 11.5 Å². The topological polar surface area (TPSA) is 169 Å².